The number of nitrogens with one attached hydrogen (secondary N) is 1. The van der Waals surface area contributed by atoms with Crippen molar-refractivity contribution in [2.45, 2.75) is 31.0 Å². The Kier molecular flexibility index (Phi) is 4.52. The lowest BCUT2D eigenvalue weighted by molar-refractivity contribution is 0.568. The van der Waals surface area contributed by atoms with Crippen LogP contribution in [0.2, 0.25) is 0 Å². The number of hydrogen-bond acceptors (Lipinski definition) is 4. The average Bonchev–Trinajstić information content (AvgIpc) is 2.84. The normalized spacial score (nSPS) is 13.7. The quantitative estimate of drug-likeness (QED) is 0.863. The molecule has 0 aliphatic carbocycles. The smallest absolute Gasteiger partial charge is 0.206 e. The molecule has 0 amide bonds. The van der Waals surface area contributed by atoms with E-state index in [9.17, 15) is 8.42 Å². The van der Waals surface area contributed by atoms with Crippen LogP contribution in [0.1, 0.15) is 28.3 Å². The summed E-state index contributed by atoms with van der Waals surface area (Å²) in [6.07, 6.45) is 0. The third-order valence-corrected chi connectivity index (χ3v) is 7.90. The van der Waals surface area contributed by atoms with E-state index >= 15 is 0 Å². The highest BCUT2D eigenvalue weighted by atomic mass is 79.9. The molecule has 2 aromatic rings. The second-order valence-corrected chi connectivity index (χ2v) is 9.41. The van der Waals surface area contributed by atoms with Gasteiger partial charge in [0.1, 0.15) is 4.21 Å². The molecule has 0 fully saturated rings. The van der Waals surface area contributed by atoms with Crippen LogP contribution in [0.25, 0.3) is 0 Å². The van der Waals surface area contributed by atoms with Gasteiger partial charge in [-0.2, -0.15) is 0 Å². The van der Waals surface area contributed by atoms with E-state index in [4.69, 9.17) is 0 Å². The van der Waals surface area contributed by atoms with Gasteiger partial charge in [0, 0.05) is 20.3 Å². The molecule has 3 nitrogen and oxygen atoms in total. The van der Waals surface area contributed by atoms with Crippen molar-refractivity contribution < 1.29 is 8.42 Å². The maximum absolute atomic E-state index is 12.3. The summed E-state index contributed by atoms with van der Waals surface area (Å²) in [6, 6.07) is 3.55. The van der Waals surface area contributed by atoms with E-state index in [2.05, 4.69) is 20.7 Å². The van der Waals surface area contributed by atoms with E-state index in [-0.39, 0.29) is 6.04 Å². The zero-order valence-electron chi connectivity index (χ0n) is 10.7. The van der Waals surface area contributed by atoms with Gasteiger partial charge in [0.25, 0.3) is 10.0 Å². The first-order valence-corrected chi connectivity index (χ1v) is 9.61. The van der Waals surface area contributed by atoms with Crippen LogP contribution in [-0.2, 0) is 10.0 Å². The van der Waals surface area contributed by atoms with E-state index in [0.29, 0.717) is 8.68 Å². The van der Waals surface area contributed by atoms with Crippen LogP contribution in [0.4, 0.5) is 0 Å². The maximum atomic E-state index is 12.3. The van der Waals surface area contributed by atoms with E-state index in [1.54, 1.807) is 22.8 Å². The fraction of sp³-hybridized carbons (Fsp3) is 0.333. The van der Waals surface area contributed by atoms with E-state index < -0.39 is 10.0 Å². The zero-order chi connectivity index (χ0) is 14.2. The second kappa shape index (κ2) is 5.65. The summed E-state index contributed by atoms with van der Waals surface area (Å²) in [4.78, 5) is 2.34. The lowest BCUT2D eigenvalue weighted by atomic mass is 10.1. The van der Waals surface area contributed by atoms with E-state index in [1.165, 1.54) is 16.2 Å². The van der Waals surface area contributed by atoms with Crippen molar-refractivity contribution in [3.05, 3.63) is 37.3 Å². The molecule has 0 aliphatic heterocycles. The zero-order valence-corrected chi connectivity index (χ0v) is 14.8. The summed E-state index contributed by atoms with van der Waals surface area (Å²) in [6.45, 7) is 5.91. The fourth-order valence-electron chi connectivity index (χ4n) is 1.90. The molecule has 1 N–H and O–H groups in total. The van der Waals surface area contributed by atoms with Crippen LogP contribution in [0.5, 0.6) is 0 Å². The molecule has 0 bridgehead atoms. The van der Waals surface area contributed by atoms with E-state index in [0.717, 1.165) is 10.4 Å². The van der Waals surface area contributed by atoms with Gasteiger partial charge >= 0.3 is 0 Å². The van der Waals surface area contributed by atoms with Crippen LogP contribution < -0.4 is 4.72 Å². The van der Waals surface area contributed by atoms with Gasteiger partial charge in [0.15, 0.2) is 0 Å². The third kappa shape index (κ3) is 3.28. The number of aryl methyl sites for hydroxylation is 2. The predicted molar refractivity (Wildman–Crippen MR) is 84.5 cm³/mol. The Labute approximate surface area is 129 Å². The average molecular weight is 380 g/mol. The van der Waals surface area contributed by atoms with E-state index in [1.807, 2.05) is 26.8 Å². The number of sulfonamides is 1. The molecule has 0 aliphatic rings. The van der Waals surface area contributed by atoms with Crippen molar-refractivity contribution in [1.29, 1.82) is 0 Å². The molecule has 7 heteroatoms. The molecule has 0 saturated heterocycles. The second-order valence-electron chi connectivity index (χ2n) is 4.27. The highest BCUT2D eigenvalue weighted by molar-refractivity contribution is 9.10. The van der Waals surface area contributed by atoms with Crippen molar-refractivity contribution >= 4 is 48.6 Å². The molecule has 0 radical (unpaired) electrons. The van der Waals surface area contributed by atoms with Crippen molar-refractivity contribution in [2.24, 2.45) is 0 Å². The Bertz CT molecular complexity index is 688. The Morgan fingerprint density at radius 1 is 1.37 bits per heavy atom. The number of rotatable bonds is 4. The van der Waals surface area contributed by atoms with Gasteiger partial charge in [0.2, 0.25) is 0 Å². The fourth-order valence-corrected chi connectivity index (χ4v) is 6.50. The topological polar surface area (TPSA) is 46.2 Å². The highest BCUT2D eigenvalue weighted by Gasteiger charge is 2.23. The Morgan fingerprint density at radius 2 is 2.05 bits per heavy atom. The van der Waals surface area contributed by atoms with Crippen molar-refractivity contribution in [2.75, 3.05) is 0 Å². The molecular formula is C12H14BrNO2S3. The lowest BCUT2D eigenvalue weighted by Gasteiger charge is -2.13. The van der Waals surface area contributed by atoms with Gasteiger partial charge in [-0.15, -0.1) is 22.7 Å². The minimum Gasteiger partial charge on any atom is -0.206 e. The summed E-state index contributed by atoms with van der Waals surface area (Å²) in [5.41, 5.74) is 1.04. The van der Waals surface area contributed by atoms with Gasteiger partial charge in [-0.1, -0.05) is 0 Å². The maximum Gasteiger partial charge on any atom is 0.251 e. The third-order valence-electron chi connectivity index (χ3n) is 2.71. The minimum absolute atomic E-state index is 0.232. The Hall–Kier alpha value is -0.210. The molecule has 2 rings (SSSR count). The number of halogens is 1. The monoisotopic (exact) mass is 379 g/mol. The lowest BCUT2D eigenvalue weighted by Crippen LogP contribution is -2.26. The molecule has 19 heavy (non-hydrogen) atoms. The van der Waals surface area contributed by atoms with Gasteiger partial charge in [0.05, 0.1) is 0 Å². The van der Waals surface area contributed by atoms with Crippen molar-refractivity contribution in [3.8, 4) is 0 Å². The van der Waals surface area contributed by atoms with Crippen molar-refractivity contribution in [1.82, 2.24) is 4.72 Å². The summed E-state index contributed by atoms with van der Waals surface area (Å²) >= 11 is 6.15. The van der Waals surface area contributed by atoms with Gasteiger partial charge < -0.3 is 0 Å². The number of thiophene rings is 2. The molecule has 2 heterocycles. The summed E-state index contributed by atoms with van der Waals surface area (Å²) in [5.74, 6) is 0. The SMILES string of the molecule is Cc1cc(C(C)NS(=O)(=O)c2sccc2Br)c(C)s1. The molecular weight excluding hydrogens is 366 g/mol. The first-order chi connectivity index (χ1) is 8.81. The Balaban J connectivity index is 2.26. The van der Waals surface area contributed by atoms with Crippen LogP contribution in [-0.4, -0.2) is 8.42 Å². The predicted octanol–water partition coefficient (Wildman–Crippen LogP) is 4.23. The molecule has 0 spiro atoms. The first kappa shape index (κ1) is 15.2. The Morgan fingerprint density at radius 3 is 2.53 bits per heavy atom. The van der Waals surface area contributed by atoms with Gasteiger partial charge in [-0.3, -0.25) is 0 Å². The molecule has 1 atom stereocenters. The van der Waals surface area contributed by atoms with Crippen LogP contribution in [0.15, 0.2) is 26.2 Å². The summed E-state index contributed by atoms with van der Waals surface area (Å²) in [5, 5.41) is 1.75. The molecule has 0 saturated carbocycles. The minimum atomic E-state index is -3.48. The molecule has 2 aromatic heterocycles. The standard InChI is InChI=1S/C12H14BrNO2S3/c1-7-6-10(9(3)18-7)8(2)14-19(15,16)12-11(13)4-5-17-12/h4-6,8,14H,1-3H3. The largest absolute Gasteiger partial charge is 0.251 e. The van der Waals surface area contributed by atoms with Crippen molar-refractivity contribution in [3.63, 3.8) is 0 Å². The summed E-state index contributed by atoms with van der Waals surface area (Å²) < 4.78 is 28.2. The van der Waals surface area contributed by atoms with Crippen LogP contribution in [0.3, 0.4) is 0 Å². The summed E-state index contributed by atoms with van der Waals surface area (Å²) in [7, 11) is -3.48. The molecule has 1 unspecified atom stereocenters. The van der Waals surface area contributed by atoms with Crippen LogP contribution in [0, 0.1) is 13.8 Å². The molecule has 0 aromatic carbocycles. The number of hydrogen-bond donors (Lipinski definition) is 1. The van der Waals surface area contributed by atoms with Crippen LogP contribution >= 0.6 is 38.6 Å². The van der Waals surface area contributed by atoms with Gasteiger partial charge in [-0.25, -0.2) is 13.1 Å². The first-order valence-electron chi connectivity index (χ1n) is 5.63. The van der Waals surface area contributed by atoms with Gasteiger partial charge in [-0.05, 0) is 59.8 Å². The highest BCUT2D eigenvalue weighted by Crippen LogP contribution is 2.31. The molecule has 104 valence electrons.